The first kappa shape index (κ1) is 34.0. The molecule has 282 valence electrons. The molecule has 4 heteroatoms. The van der Waals surface area contributed by atoms with Crippen molar-refractivity contribution in [3.63, 3.8) is 0 Å². The van der Waals surface area contributed by atoms with Crippen molar-refractivity contribution in [2.75, 3.05) is 9.80 Å². The Morgan fingerprint density at radius 1 is 0.283 bits per heavy atom. The van der Waals surface area contributed by atoms with Crippen molar-refractivity contribution in [3.8, 4) is 11.1 Å². The Hall–Kier alpha value is -8.08. The molecule has 0 N–H and O–H groups in total. The van der Waals surface area contributed by atoms with E-state index in [1.165, 1.54) is 21.5 Å². The molecule has 0 spiro atoms. The molecule has 0 amide bonds. The van der Waals surface area contributed by atoms with Crippen LogP contribution in [0, 0.1) is 0 Å². The summed E-state index contributed by atoms with van der Waals surface area (Å²) in [6.45, 7) is 0. The van der Waals surface area contributed by atoms with Gasteiger partial charge in [-0.15, -0.1) is 0 Å². The van der Waals surface area contributed by atoms with Crippen LogP contribution in [0.2, 0.25) is 0 Å². The molecule has 0 bridgehead atoms. The van der Waals surface area contributed by atoms with Gasteiger partial charge in [0.1, 0.15) is 11.2 Å². The Bertz CT molecular complexity index is 3300. The third kappa shape index (κ3) is 5.46. The Balaban J connectivity index is 0.964. The van der Waals surface area contributed by atoms with Gasteiger partial charge >= 0.3 is 0 Å². The Labute approximate surface area is 346 Å². The lowest BCUT2D eigenvalue weighted by molar-refractivity contribution is 0.669. The number of anilines is 6. The maximum Gasteiger partial charge on any atom is 0.160 e. The zero-order chi connectivity index (χ0) is 39.6. The minimum Gasteiger partial charge on any atom is -0.454 e. The van der Waals surface area contributed by atoms with Gasteiger partial charge < -0.3 is 18.6 Å². The average Bonchev–Trinajstić information content (AvgIpc) is 3.91. The van der Waals surface area contributed by atoms with E-state index >= 15 is 0 Å². The first-order valence-corrected chi connectivity index (χ1v) is 20.3. The molecular weight excluding hydrogens is 733 g/mol. The maximum atomic E-state index is 6.71. The van der Waals surface area contributed by atoms with Gasteiger partial charge in [-0.3, -0.25) is 0 Å². The number of fused-ring (bicyclic) bond motifs is 10. The van der Waals surface area contributed by atoms with Crippen LogP contribution < -0.4 is 9.80 Å². The van der Waals surface area contributed by atoms with Crippen LogP contribution >= 0.6 is 0 Å². The van der Waals surface area contributed by atoms with Crippen molar-refractivity contribution >= 4 is 99.5 Å². The van der Waals surface area contributed by atoms with Crippen LogP contribution in [0.1, 0.15) is 0 Å². The Kier molecular flexibility index (Phi) is 7.82. The predicted molar refractivity (Wildman–Crippen MR) is 251 cm³/mol. The summed E-state index contributed by atoms with van der Waals surface area (Å²) in [6.07, 6.45) is 0. The van der Waals surface area contributed by atoms with Crippen molar-refractivity contribution in [2.24, 2.45) is 0 Å². The van der Waals surface area contributed by atoms with Gasteiger partial charge in [0.05, 0.1) is 11.4 Å². The molecule has 0 saturated carbocycles. The quantitative estimate of drug-likeness (QED) is 0.162. The number of hydrogen-bond acceptors (Lipinski definition) is 4. The highest BCUT2D eigenvalue weighted by Gasteiger charge is 2.23. The SMILES string of the molecule is c1ccc(N(c2ccc(-c3ccc(N(c4ccccc4)c4cc5ccccc5c5c4oc4ccccc45)cc3)cc2)c2cc3ccccc3c3c2oc2ccccc23)cc1. The molecule has 0 saturated heterocycles. The molecule has 2 heterocycles. The monoisotopic (exact) mass is 768 g/mol. The molecule has 12 rings (SSSR count). The smallest absolute Gasteiger partial charge is 0.160 e. The fourth-order valence-corrected chi connectivity index (χ4v) is 9.06. The van der Waals surface area contributed by atoms with Gasteiger partial charge in [-0.1, -0.05) is 146 Å². The second-order valence-corrected chi connectivity index (χ2v) is 15.3. The molecule has 0 aliphatic heterocycles. The van der Waals surface area contributed by atoms with Crippen molar-refractivity contribution in [2.45, 2.75) is 0 Å². The topological polar surface area (TPSA) is 32.8 Å². The number of nitrogens with zero attached hydrogens (tertiary/aromatic N) is 2. The van der Waals surface area contributed by atoms with Crippen LogP contribution in [-0.2, 0) is 0 Å². The molecule has 12 aromatic rings. The van der Waals surface area contributed by atoms with Gasteiger partial charge in [0, 0.05) is 44.3 Å². The third-order valence-electron chi connectivity index (χ3n) is 11.8. The second-order valence-electron chi connectivity index (χ2n) is 15.3. The molecule has 0 unspecified atom stereocenters. The fraction of sp³-hybridized carbons (Fsp3) is 0. The summed E-state index contributed by atoms with van der Waals surface area (Å²) < 4.78 is 13.4. The minimum atomic E-state index is 0.868. The Morgan fingerprint density at radius 3 is 1.03 bits per heavy atom. The molecule has 10 aromatic carbocycles. The summed E-state index contributed by atoms with van der Waals surface area (Å²) in [7, 11) is 0. The summed E-state index contributed by atoms with van der Waals surface area (Å²) in [5, 5.41) is 9.19. The molecule has 2 aromatic heterocycles. The van der Waals surface area contributed by atoms with Gasteiger partial charge in [0.2, 0.25) is 0 Å². The predicted octanol–water partition coefficient (Wildman–Crippen LogP) is 16.4. The minimum absolute atomic E-state index is 0.868. The van der Waals surface area contributed by atoms with Crippen molar-refractivity contribution in [3.05, 3.63) is 218 Å². The molecule has 0 fully saturated rings. The van der Waals surface area contributed by atoms with Crippen LogP contribution in [0.4, 0.5) is 34.1 Å². The van der Waals surface area contributed by atoms with Crippen LogP contribution in [0.3, 0.4) is 0 Å². The maximum absolute atomic E-state index is 6.71. The highest BCUT2D eigenvalue weighted by molar-refractivity contribution is 6.24. The van der Waals surface area contributed by atoms with E-state index in [1.54, 1.807) is 0 Å². The fourth-order valence-electron chi connectivity index (χ4n) is 9.06. The van der Waals surface area contributed by atoms with Gasteiger partial charge in [-0.05, 0) is 105 Å². The summed E-state index contributed by atoms with van der Waals surface area (Å²) in [4.78, 5) is 4.62. The number of rotatable bonds is 7. The first-order valence-electron chi connectivity index (χ1n) is 20.3. The van der Waals surface area contributed by atoms with Crippen LogP contribution in [0.15, 0.2) is 227 Å². The van der Waals surface area contributed by atoms with Crippen molar-refractivity contribution < 1.29 is 8.83 Å². The molecule has 0 radical (unpaired) electrons. The van der Waals surface area contributed by atoms with Crippen LogP contribution in [0.5, 0.6) is 0 Å². The number of benzene rings is 10. The molecule has 0 atom stereocenters. The lowest BCUT2D eigenvalue weighted by Gasteiger charge is -2.27. The van der Waals surface area contributed by atoms with E-state index in [9.17, 15) is 0 Å². The molecule has 0 aliphatic carbocycles. The van der Waals surface area contributed by atoms with Crippen molar-refractivity contribution in [1.82, 2.24) is 0 Å². The standard InChI is InChI=1S/C56H36N2O2/c1-3-17-41(18-4-1)57(49-35-39-15-7-9-21-45(39)53-47-23-11-13-25-51(47)59-55(49)53)43-31-27-37(28-32-43)38-29-33-44(34-30-38)58(42-19-5-2-6-20-42)50-36-40-16-8-10-22-46(40)54-48-24-12-14-26-52(48)60-56(50)54/h1-36H. The van der Waals surface area contributed by atoms with Crippen LogP contribution in [-0.4, -0.2) is 0 Å². The van der Waals surface area contributed by atoms with Gasteiger partial charge in [-0.25, -0.2) is 0 Å². The number of para-hydroxylation sites is 4. The van der Waals surface area contributed by atoms with E-state index in [0.717, 1.165) is 89.1 Å². The van der Waals surface area contributed by atoms with Gasteiger partial charge in [0.15, 0.2) is 11.2 Å². The van der Waals surface area contributed by atoms with Gasteiger partial charge in [0.25, 0.3) is 0 Å². The Morgan fingerprint density at radius 2 is 0.617 bits per heavy atom. The van der Waals surface area contributed by atoms with E-state index in [-0.39, 0.29) is 0 Å². The summed E-state index contributed by atoms with van der Waals surface area (Å²) >= 11 is 0. The van der Waals surface area contributed by atoms with E-state index in [4.69, 9.17) is 8.83 Å². The van der Waals surface area contributed by atoms with E-state index in [1.807, 2.05) is 12.1 Å². The molecule has 60 heavy (non-hydrogen) atoms. The summed E-state index contributed by atoms with van der Waals surface area (Å²) in [5.74, 6) is 0. The van der Waals surface area contributed by atoms with E-state index < -0.39 is 0 Å². The van der Waals surface area contributed by atoms with Crippen LogP contribution in [0.25, 0.3) is 76.5 Å². The van der Waals surface area contributed by atoms with Gasteiger partial charge in [-0.2, -0.15) is 0 Å². The van der Waals surface area contributed by atoms with E-state index in [0.29, 0.717) is 0 Å². The zero-order valence-electron chi connectivity index (χ0n) is 32.5. The number of hydrogen-bond donors (Lipinski definition) is 0. The molecular formula is C56H36N2O2. The summed E-state index contributed by atoms with van der Waals surface area (Å²) in [6, 6.07) is 77.2. The largest absolute Gasteiger partial charge is 0.454 e. The highest BCUT2D eigenvalue weighted by atomic mass is 16.3. The van der Waals surface area contributed by atoms with Crippen molar-refractivity contribution in [1.29, 1.82) is 0 Å². The first-order chi connectivity index (χ1) is 29.8. The third-order valence-corrected chi connectivity index (χ3v) is 11.8. The second kappa shape index (κ2) is 13.8. The summed E-state index contributed by atoms with van der Waals surface area (Å²) in [5.41, 5.74) is 11.9. The normalized spacial score (nSPS) is 11.7. The molecule has 0 aliphatic rings. The number of furan rings is 2. The lowest BCUT2D eigenvalue weighted by Crippen LogP contribution is -2.10. The molecule has 4 nitrogen and oxygen atoms in total. The highest BCUT2D eigenvalue weighted by Crippen LogP contribution is 2.47. The van der Waals surface area contributed by atoms with E-state index in [2.05, 4.69) is 216 Å². The average molecular weight is 769 g/mol. The zero-order valence-corrected chi connectivity index (χ0v) is 32.5. The lowest BCUT2D eigenvalue weighted by atomic mass is 10.0.